The minimum absolute atomic E-state index is 0.262. The van der Waals surface area contributed by atoms with Crippen LogP contribution in [0.5, 0.6) is 11.5 Å². The highest BCUT2D eigenvalue weighted by atomic mass is 127. The van der Waals surface area contributed by atoms with Gasteiger partial charge in [-0.2, -0.15) is 0 Å². The fourth-order valence-corrected chi connectivity index (χ4v) is 4.33. The van der Waals surface area contributed by atoms with Gasteiger partial charge in [0.1, 0.15) is 0 Å². The van der Waals surface area contributed by atoms with Gasteiger partial charge in [0.15, 0.2) is 18.1 Å². The number of benzene rings is 2. The molecule has 0 bridgehead atoms. The Hall–Kier alpha value is -2.24. The van der Waals surface area contributed by atoms with Crippen molar-refractivity contribution >= 4 is 74.8 Å². The Labute approximate surface area is 195 Å². The summed E-state index contributed by atoms with van der Waals surface area (Å²) in [5, 5.41) is 0.116. The Kier molecular flexibility index (Phi) is 7.27. The van der Waals surface area contributed by atoms with Crippen molar-refractivity contribution in [2.24, 2.45) is 0 Å². The van der Waals surface area contributed by atoms with Crippen molar-refractivity contribution in [1.82, 2.24) is 0 Å². The summed E-state index contributed by atoms with van der Waals surface area (Å²) in [4.78, 5) is 37.9. The zero-order valence-electron chi connectivity index (χ0n) is 15.8. The van der Waals surface area contributed by atoms with E-state index in [4.69, 9.17) is 21.1 Å². The van der Waals surface area contributed by atoms with Crippen molar-refractivity contribution in [3.8, 4) is 11.5 Å². The maximum absolute atomic E-state index is 12.8. The predicted molar refractivity (Wildman–Crippen MR) is 123 cm³/mol. The summed E-state index contributed by atoms with van der Waals surface area (Å²) in [6.45, 7) is -0.262. The molecule has 0 N–H and O–H groups in total. The van der Waals surface area contributed by atoms with Crippen LogP contribution in [0.2, 0.25) is 5.02 Å². The molecule has 2 amide bonds. The Morgan fingerprint density at radius 3 is 2.53 bits per heavy atom. The van der Waals surface area contributed by atoms with Gasteiger partial charge >= 0.3 is 5.97 Å². The number of halogens is 2. The molecule has 0 aliphatic carbocycles. The van der Waals surface area contributed by atoms with Crippen LogP contribution in [0, 0.1) is 3.57 Å². The first kappa shape index (κ1) is 22.4. The van der Waals surface area contributed by atoms with Crippen LogP contribution in [-0.2, 0) is 14.3 Å². The molecule has 3 rings (SSSR count). The summed E-state index contributed by atoms with van der Waals surface area (Å²) >= 11 is 8.76. The molecule has 1 fully saturated rings. The Bertz CT molecular complexity index is 1040. The molecule has 0 saturated carbocycles. The van der Waals surface area contributed by atoms with Gasteiger partial charge < -0.3 is 14.2 Å². The third-order valence-electron chi connectivity index (χ3n) is 3.99. The van der Waals surface area contributed by atoms with E-state index < -0.39 is 17.1 Å². The van der Waals surface area contributed by atoms with Gasteiger partial charge in [-0.25, -0.2) is 9.69 Å². The van der Waals surface area contributed by atoms with Crippen molar-refractivity contribution in [3.05, 3.63) is 55.5 Å². The first-order valence-corrected chi connectivity index (χ1v) is 10.7. The largest absolute Gasteiger partial charge is 0.493 e. The number of esters is 1. The number of hydrogen-bond acceptors (Lipinski definition) is 7. The summed E-state index contributed by atoms with van der Waals surface area (Å²) in [5.74, 6) is -0.177. The zero-order valence-corrected chi connectivity index (χ0v) is 19.5. The average Bonchev–Trinajstić information content (AvgIpc) is 3.00. The minimum Gasteiger partial charge on any atom is -0.493 e. The Balaban J connectivity index is 1.88. The summed E-state index contributed by atoms with van der Waals surface area (Å²) in [7, 11) is 2.74. The highest BCUT2D eigenvalue weighted by molar-refractivity contribution is 14.1. The number of ether oxygens (including phenoxy) is 3. The molecular formula is C20H15ClINO6S. The number of rotatable bonds is 6. The SMILES string of the molecule is COC(=O)COc1c(I)cc(/C=C2/SC(=O)N(c3ccc(Cl)cc3)C2=O)cc1OC. The van der Waals surface area contributed by atoms with E-state index in [2.05, 4.69) is 4.74 Å². The monoisotopic (exact) mass is 559 g/mol. The third-order valence-corrected chi connectivity index (χ3v) is 5.91. The molecule has 2 aromatic carbocycles. The lowest BCUT2D eigenvalue weighted by Crippen LogP contribution is -2.27. The van der Waals surface area contributed by atoms with Gasteiger partial charge in [-0.15, -0.1) is 0 Å². The number of hydrogen-bond donors (Lipinski definition) is 0. The maximum atomic E-state index is 12.8. The molecule has 2 aromatic rings. The van der Waals surface area contributed by atoms with Crippen molar-refractivity contribution in [1.29, 1.82) is 0 Å². The van der Waals surface area contributed by atoms with Gasteiger partial charge in [0.05, 0.1) is 28.4 Å². The molecule has 1 saturated heterocycles. The van der Waals surface area contributed by atoms with Crippen molar-refractivity contribution in [2.75, 3.05) is 25.7 Å². The lowest BCUT2D eigenvalue weighted by molar-refractivity contribution is -0.142. The van der Waals surface area contributed by atoms with Gasteiger partial charge in [-0.05, 0) is 82.4 Å². The fourth-order valence-electron chi connectivity index (χ4n) is 2.59. The molecule has 10 heteroatoms. The lowest BCUT2D eigenvalue weighted by atomic mass is 10.1. The second-order valence-electron chi connectivity index (χ2n) is 5.89. The number of thioether (sulfide) groups is 1. The average molecular weight is 560 g/mol. The summed E-state index contributed by atoms with van der Waals surface area (Å²) < 4.78 is 16.1. The van der Waals surface area contributed by atoms with Crippen LogP contribution in [0.4, 0.5) is 10.5 Å². The van der Waals surface area contributed by atoms with Crippen LogP contribution >= 0.6 is 46.0 Å². The Morgan fingerprint density at radius 1 is 1.20 bits per heavy atom. The molecule has 30 heavy (non-hydrogen) atoms. The maximum Gasteiger partial charge on any atom is 0.343 e. The van der Waals surface area contributed by atoms with Crippen molar-refractivity contribution in [2.45, 2.75) is 0 Å². The molecule has 0 unspecified atom stereocenters. The van der Waals surface area contributed by atoms with Gasteiger partial charge in [0, 0.05) is 5.02 Å². The minimum atomic E-state index is -0.521. The number of methoxy groups -OCH3 is 2. The van der Waals surface area contributed by atoms with Crippen LogP contribution in [0.15, 0.2) is 41.3 Å². The van der Waals surface area contributed by atoms with Gasteiger partial charge in [-0.1, -0.05) is 11.6 Å². The van der Waals surface area contributed by atoms with E-state index in [9.17, 15) is 14.4 Å². The molecule has 1 aliphatic heterocycles. The second-order valence-corrected chi connectivity index (χ2v) is 8.48. The molecule has 0 spiro atoms. The molecule has 1 aliphatic rings. The number of nitrogens with zero attached hydrogens (tertiary/aromatic N) is 1. The quantitative estimate of drug-likeness (QED) is 0.287. The standard InChI is InChI=1S/C20H15ClINO6S/c1-27-15-8-11(7-14(22)18(15)29-10-17(24)28-2)9-16-19(25)23(20(26)30-16)13-5-3-12(21)4-6-13/h3-9H,10H2,1-2H3/b16-9+. The first-order chi connectivity index (χ1) is 14.3. The summed E-state index contributed by atoms with van der Waals surface area (Å²) in [6, 6.07) is 9.87. The number of carbonyl (C=O) groups is 3. The topological polar surface area (TPSA) is 82.1 Å². The van der Waals surface area contributed by atoms with E-state index in [-0.39, 0.29) is 11.5 Å². The van der Waals surface area contributed by atoms with Crippen molar-refractivity contribution in [3.63, 3.8) is 0 Å². The summed E-state index contributed by atoms with van der Waals surface area (Å²) in [6.07, 6.45) is 1.61. The number of amides is 2. The van der Waals surface area contributed by atoms with Gasteiger partial charge in [-0.3, -0.25) is 9.59 Å². The lowest BCUT2D eigenvalue weighted by Gasteiger charge is -2.13. The molecule has 0 radical (unpaired) electrons. The highest BCUT2D eigenvalue weighted by Crippen LogP contribution is 2.38. The van der Waals surface area contributed by atoms with Crippen LogP contribution in [0.3, 0.4) is 0 Å². The molecule has 0 atom stereocenters. The number of anilines is 1. The van der Waals surface area contributed by atoms with E-state index in [1.165, 1.54) is 14.2 Å². The zero-order chi connectivity index (χ0) is 21.8. The van der Waals surface area contributed by atoms with E-state index in [1.54, 1.807) is 42.5 Å². The Morgan fingerprint density at radius 2 is 1.90 bits per heavy atom. The molecule has 156 valence electrons. The van der Waals surface area contributed by atoms with E-state index in [0.717, 1.165) is 16.7 Å². The van der Waals surface area contributed by atoms with Crippen LogP contribution in [0.1, 0.15) is 5.56 Å². The van der Waals surface area contributed by atoms with Crippen LogP contribution < -0.4 is 14.4 Å². The molecule has 1 heterocycles. The predicted octanol–water partition coefficient (Wildman–Crippen LogP) is 4.75. The van der Waals surface area contributed by atoms with Crippen molar-refractivity contribution < 1.29 is 28.6 Å². The van der Waals surface area contributed by atoms with E-state index in [0.29, 0.717) is 31.3 Å². The summed E-state index contributed by atoms with van der Waals surface area (Å²) in [5.41, 5.74) is 1.09. The van der Waals surface area contributed by atoms with Gasteiger partial charge in [0.2, 0.25) is 0 Å². The highest BCUT2D eigenvalue weighted by Gasteiger charge is 2.36. The number of imide groups is 1. The molecule has 7 nitrogen and oxygen atoms in total. The van der Waals surface area contributed by atoms with E-state index in [1.807, 2.05) is 22.6 Å². The van der Waals surface area contributed by atoms with Crippen LogP contribution in [-0.4, -0.2) is 37.9 Å². The molecule has 0 aromatic heterocycles. The fraction of sp³-hybridized carbons (Fsp3) is 0.150. The van der Waals surface area contributed by atoms with Gasteiger partial charge in [0.25, 0.3) is 11.1 Å². The number of carbonyl (C=O) groups excluding carboxylic acids is 3. The smallest absolute Gasteiger partial charge is 0.343 e. The van der Waals surface area contributed by atoms with Crippen LogP contribution in [0.25, 0.3) is 6.08 Å². The first-order valence-electron chi connectivity index (χ1n) is 8.44. The van der Waals surface area contributed by atoms with E-state index >= 15 is 0 Å². The normalized spacial score (nSPS) is 14.9. The third kappa shape index (κ3) is 4.90. The second kappa shape index (κ2) is 9.71. The molecular weight excluding hydrogens is 545 g/mol.